The lowest BCUT2D eigenvalue weighted by Crippen LogP contribution is -2.28. The first kappa shape index (κ1) is 24.2. The number of benzene rings is 3. The van der Waals surface area contributed by atoms with E-state index in [1.165, 1.54) is 5.06 Å². The minimum Gasteiger partial charge on any atom is -0.482 e. The van der Waals surface area contributed by atoms with E-state index in [1.54, 1.807) is 30.3 Å². The van der Waals surface area contributed by atoms with Gasteiger partial charge in [0.05, 0.1) is 16.6 Å². The Kier molecular flexibility index (Phi) is 7.48. The number of nitrogens with zero attached hydrogens (tertiary/aromatic N) is 1. The summed E-state index contributed by atoms with van der Waals surface area (Å²) in [6.07, 6.45) is -0.918. The summed E-state index contributed by atoms with van der Waals surface area (Å²) in [5, 5.41) is 11.5. The average Bonchev–Trinajstić information content (AvgIpc) is 3.18. The second-order valence-corrected chi connectivity index (χ2v) is 8.61. The molecule has 1 aliphatic rings. The highest BCUT2D eigenvalue weighted by Gasteiger charge is 2.38. The number of carboxylic acids is 1. The lowest BCUT2D eigenvalue weighted by atomic mass is 9.97. The monoisotopic (exact) mass is 521 g/mol. The van der Waals surface area contributed by atoms with Crippen LogP contribution in [0.3, 0.4) is 0 Å². The molecule has 0 radical (unpaired) electrons. The zero-order valence-corrected chi connectivity index (χ0v) is 19.8. The molecule has 0 saturated carbocycles. The molecule has 0 amide bonds. The van der Waals surface area contributed by atoms with Crippen LogP contribution in [0.5, 0.6) is 5.75 Å². The van der Waals surface area contributed by atoms with Crippen LogP contribution in [0.25, 0.3) is 0 Å². The number of hydroxylamine groups is 2. The van der Waals surface area contributed by atoms with E-state index < -0.39 is 24.8 Å². The van der Waals surface area contributed by atoms with Gasteiger partial charge in [-0.05, 0) is 41.0 Å². The number of carbonyl (C=O) groups is 2. The number of carboxylic acid groups (broad SMARTS) is 1. The van der Waals surface area contributed by atoms with Crippen molar-refractivity contribution >= 4 is 46.9 Å². The van der Waals surface area contributed by atoms with Crippen molar-refractivity contribution in [3.8, 4) is 5.75 Å². The molecule has 1 N–H and O–H groups in total. The minimum atomic E-state index is -1.14. The molecule has 10 heteroatoms. The Bertz CT molecular complexity index is 1220. The van der Waals surface area contributed by atoms with Gasteiger partial charge in [-0.3, -0.25) is 0 Å². The number of hydrogen-bond acceptors (Lipinski definition) is 6. The van der Waals surface area contributed by atoms with E-state index in [0.717, 1.165) is 5.56 Å². The van der Waals surface area contributed by atoms with Crippen molar-refractivity contribution in [2.45, 2.75) is 19.2 Å². The molecule has 3 aromatic carbocycles. The summed E-state index contributed by atoms with van der Waals surface area (Å²) in [6, 6.07) is 16.6. The number of rotatable bonds is 7. The third-order valence-corrected chi connectivity index (χ3v) is 6.22. The number of carbonyl (C=O) groups excluding carboxylic acids is 1. The predicted octanol–water partition coefficient (Wildman–Crippen LogP) is 6.28. The van der Waals surface area contributed by atoms with Crippen LogP contribution < -0.4 is 4.74 Å². The zero-order chi connectivity index (χ0) is 24.2. The van der Waals surface area contributed by atoms with E-state index >= 15 is 0 Å². The molecule has 176 valence electrons. The molecule has 34 heavy (non-hydrogen) atoms. The highest BCUT2D eigenvalue weighted by Crippen LogP contribution is 2.46. The van der Waals surface area contributed by atoms with Crippen molar-refractivity contribution in [2.75, 3.05) is 6.61 Å². The van der Waals surface area contributed by atoms with Gasteiger partial charge in [0.25, 0.3) is 0 Å². The predicted molar refractivity (Wildman–Crippen MR) is 126 cm³/mol. The quantitative estimate of drug-likeness (QED) is 0.365. The molecule has 1 unspecified atom stereocenters. The van der Waals surface area contributed by atoms with E-state index in [9.17, 15) is 9.59 Å². The first-order chi connectivity index (χ1) is 16.3. The SMILES string of the molecule is O=C(O)COc1ccc(Cl)cc1C1c2ccc(Cl)c(Cl)c2CN1OC(=O)OCc1ccccc1. The van der Waals surface area contributed by atoms with E-state index in [1.807, 2.05) is 30.3 Å². The van der Waals surface area contributed by atoms with Crippen LogP contribution in [-0.2, 0) is 27.5 Å². The molecule has 4 rings (SSSR count). The standard InChI is InChI=1S/C24H18Cl3NO6/c25-15-6-9-20(32-13-21(29)30)17(10-15)23-16-7-8-19(26)22(27)18(16)11-28(23)34-24(31)33-12-14-4-2-1-3-5-14/h1-10,23H,11-13H2,(H,29,30). The molecular weight excluding hydrogens is 505 g/mol. The molecular formula is C24H18Cl3NO6. The summed E-state index contributed by atoms with van der Waals surface area (Å²) in [5.74, 6) is -0.873. The van der Waals surface area contributed by atoms with Gasteiger partial charge in [-0.25, -0.2) is 9.59 Å². The maximum Gasteiger partial charge on any atom is 0.528 e. The number of halogens is 3. The fraction of sp³-hybridized carbons (Fsp3) is 0.167. The van der Waals surface area contributed by atoms with Crippen LogP contribution in [0, 0.1) is 0 Å². The van der Waals surface area contributed by atoms with Crippen LogP contribution >= 0.6 is 34.8 Å². The smallest absolute Gasteiger partial charge is 0.482 e. The van der Waals surface area contributed by atoms with Gasteiger partial charge in [0.1, 0.15) is 18.4 Å². The van der Waals surface area contributed by atoms with Gasteiger partial charge in [-0.1, -0.05) is 71.2 Å². The van der Waals surface area contributed by atoms with Gasteiger partial charge in [0.2, 0.25) is 0 Å². The number of ether oxygens (including phenoxy) is 2. The Labute approximate surface area is 210 Å². The fourth-order valence-corrected chi connectivity index (χ4v) is 4.27. The molecule has 0 saturated heterocycles. The molecule has 3 aromatic rings. The summed E-state index contributed by atoms with van der Waals surface area (Å²) < 4.78 is 10.7. The molecule has 7 nitrogen and oxygen atoms in total. The van der Waals surface area contributed by atoms with Crippen molar-refractivity contribution in [3.63, 3.8) is 0 Å². The lowest BCUT2D eigenvalue weighted by Gasteiger charge is -2.25. The molecule has 0 fully saturated rings. The first-order valence-electron chi connectivity index (χ1n) is 10.1. The Balaban J connectivity index is 1.65. The van der Waals surface area contributed by atoms with Crippen LogP contribution in [-0.4, -0.2) is 28.9 Å². The van der Waals surface area contributed by atoms with Gasteiger partial charge in [-0.15, -0.1) is 5.06 Å². The Hall–Kier alpha value is -2.97. The summed E-state index contributed by atoms with van der Waals surface area (Å²) in [4.78, 5) is 29.2. The molecule has 1 aliphatic heterocycles. The normalized spacial score (nSPS) is 15.0. The van der Waals surface area contributed by atoms with Crippen molar-refractivity contribution in [1.82, 2.24) is 5.06 Å². The lowest BCUT2D eigenvalue weighted by molar-refractivity contribution is -0.147. The Morgan fingerprint density at radius 3 is 2.50 bits per heavy atom. The molecule has 0 aliphatic carbocycles. The molecule has 0 aromatic heterocycles. The summed E-state index contributed by atoms with van der Waals surface area (Å²) in [7, 11) is 0. The average molecular weight is 523 g/mol. The van der Waals surface area contributed by atoms with Crippen LogP contribution in [0.2, 0.25) is 15.1 Å². The van der Waals surface area contributed by atoms with Crippen molar-refractivity contribution in [3.05, 3.63) is 98.0 Å². The van der Waals surface area contributed by atoms with E-state index in [0.29, 0.717) is 31.8 Å². The molecule has 0 bridgehead atoms. The zero-order valence-electron chi connectivity index (χ0n) is 17.5. The molecule has 0 spiro atoms. The number of fused-ring (bicyclic) bond motifs is 1. The Morgan fingerprint density at radius 2 is 1.76 bits per heavy atom. The van der Waals surface area contributed by atoms with Crippen molar-refractivity contribution in [1.29, 1.82) is 0 Å². The summed E-state index contributed by atoms with van der Waals surface area (Å²) in [6.45, 7) is -0.415. The second-order valence-electron chi connectivity index (χ2n) is 7.39. The van der Waals surface area contributed by atoms with E-state index in [2.05, 4.69) is 0 Å². The Morgan fingerprint density at radius 1 is 1.00 bits per heavy atom. The molecule has 1 heterocycles. The highest BCUT2D eigenvalue weighted by atomic mass is 35.5. The third kappa shape index (κ3) is 5.39. The highest BCUT2D eigenvalue weighted by molar-refractivity contribution is 6.42. The maximum atomic E-state index is 12.5. The van der Waals surface area contributed by atoms with Crippen LogP contribution in [0.4, 0.5) is 4.79 Å². The topological polar surface area (TPSA) is 85.3 Å². The first-order valence-corrected chi connectivity index (χ1v) is 11.2. The van der Waals surface area contributed by atoms with Crippen LogP contribution in [0.15, 0.2) is 60.7 Å². The van der Waals surface area contributed by atoms with Gasteiger partial charge in [0, 0.05) is 10.6 Å². The van der Waals surface area contributed by atoms with Crippen molar-refractivity contribution in [2.24, 2.45) is 0 Å². The van der Waals surface area contributed by atoms with Crippen LogP contribution in [0.1, 0.15) is 28.3 Å². The van der Waals surface area contributed by atoms with Crippen molar-refractivity contribution < 1.29 is 29.0 Å². The number of hydrogen-bond donors (Lipinski definition) is 1. The van der Waals surface area contributed by atoms with Gasteiger partial charge < -0.3 is 19.4 Å². The fourth-order valence-electron chi connectivity index (χ4n) is 3.68. The summed E-state index contributed by atoms with van der Waals surface area (Å²) >= 11 is 18.9. The van der Waals surface area contributed by atoms with E-state index in [-0.39, 0.29) is 18.9 Å². The van der Waals surface area contributed by atoms with E-state index in [4.69, 9.17) is 54.2 Å². The summed E-state index contributed by atoms with van der Waals surface area (Å²) in [5.41, 5.74) is 2.64. The van der Waals surface area contributed by atoms with Gasteiger partial charge in [-0.2, -0.15) is 0 Å². The maximum absolute atomic E-state index is 12.5. The molecule has 1 atom stereocenters. The third-order valence-electron chi connectivity index (χ3n) is 5.14. The van der Waals surface area contributed by atoms with Gasteiger partial charge in [0.15, 0.2) is 6.61 Å². The number of aliphatic carboxylic acids is 1. The second kappa shape index (κ2) is 10.5. The van der Waals surface area contributed by atoms with Gasteiger partial charge >= 0.3 is 12.1 Å². The largest absolute Gasteiger partial charge is 0.528 e. The minimum absolute atomic E-state index is 0.0296.